The van der Waals surface area contributed by atoms with Crippen LogP contribution >= 0.6 is 15.9 Å². The standard InChI is InChI=1S/C16H15BrFNO2/c1-3-21-15-7-5-11(17)9-14(15)19-16(20)12-8-10(2)4-6-13(12)18/h4-9H,3H2,1-2H3,(H,19,20). The van der Waals surface area contributed by atoms with E-state index < -0.39 is 11.7 Å². The van der Waals surface area contributed by atoms with E-state index in [0.717, 1.165) is 10.0 Å². The van der Waals surface area contributed by atoms with Crippen LogP contribution in [0.2, 0.25) is 0 Å². The van der Waals surface area contributed by atoms with Gasteiger partial charge < -0.3 is 10.1 Å². The van der Waals surface area contributed by atoms with Gasteiger partial charge in [-0.25, -0.2) is 4.39 Å². The van der Waals surface area contributed by atoms with Gasteiger partial charge in [0.25, 0.3) is 5.91 Å². The highest BCUT2D eigenvalue weighted by Gasteiger charge is 2.14. The fourth-order valence-corrected chi connectivity index (χ4v) is 2.25. The lowest BCUT2D eigenvalue weighted by Gasteiger charge is -2.12. The van der Waals surface area contributed by atoms with E-state index in [1.54, 1.807) is 25.1 Å². The first-order chi connectivity index (χ1) is 10.0. The number of aryl methyl sites for hydroxylation is 1. The summed E-state index contributed by atoms with van der Waals surface area (Å²) in [5, 5.41) is 2.69. The van der Waals surface area contributed by atoms with Gasteiger partial charge in [0.15, 0.2) is 0 Å². The van der Waals surface area contributed by atoms with Crippen LogP contribution in [0.4, 0.5) is 10.1 Å². The molecule has 0 saturated carbocycles. The van der Waals surface area contributed by atoms with E-state index >= 15 is 0 Å². The van der Waals surface area contributed by atoms with Gasteiger partial charge in [-0.1, -0.05) is 27.6 Å². The zero-order chi connectivity index (χ0) is 15.4. The van der Waals surface area contributed by atoms with Crippen molar-refractivity contribution in [3.63, 3.8) is 0 Å². The molecule has 21 heavy (non-hydrogen) atoms. The minimum Gasteiger partial charge on any atom is -0.492 e. The third kappa shape index (κ3) is 3.82. The normalized spacial score (nSPS) is 10.3. The van der Waals surface area contributed by atoms with Crippen molar-refractivity contribution < 1.29 is 13.9 Å². The van der Waals surface area contributed by atoms with Crippen molar-refractivity contribution in [2.24, 2.45) is 0 Å². The lowest BCUT2D eigenvalue weighted by Crippen LogP contribution is -2.15. The summed E-state index contributed by atoms with van der Waals surface area (Å²) >= 11 is 3.34. The summed E-state index contributed by atoms with van der Waals surface area (Å²) in [4.78, 5) is 12.2. The number of carbonyl (C=O) groups is 1. The first-order valence-electron chi connectivity index (χ1n) is 6.51. The molecule has 0 fully saturated rings. The number of anilines is 1. The quantitative estimate of drug-likeness (QED) is 0.877. The van der Waals surface area contributed by atoms with Crippen LogP contribution in [-0.2, 0) is 0 Å². The smallest absolute Gasteiger partial charge is 0.258 e. The van der Waals surface area contributed by atoms with Gasteiger partial charge in [0.1, 0.15) is 11.6 Å². The molecule has 0 aromatic heterocycles. The van der Waals surface area contributed by atoms with Gasteiger partial charge in [0.05, 0.1) is 17.9 Å². The molecule has 2 rings (SSSR count). The molecule has 0 bridgehead atoms. The van der Waals surface area contributed by atoms with E-state index in [4.69, 9.17) is 4.74 Å². The molecule has 0 aliphatic heterocycles. The predicted octanol–water partition coefficient (Wildman–Crippen LogP) is 4.55. The second-order valence-corrected chi connectivity index (χ2v) is 5.43. The molecule has 0 aliphatic carbocycles. The molecule has 0 unspecified atom stereocenters. The van der Waals surface area contributed by atoms with Crippen LogP contribution in [0, 0.1) is 12.7 Å². The maximum atomic E-state index is 13.7. The van der Waals surface area contributed by atoms with Crippen molar-refractivity contribution >= 4 is 27.5 Å². The molecule has 0 aliphatic rings. The molecule has 110 valence electrons. The van der Waals surface area contributed by atoms with E-state index in [2.05, 4.69) is 21.2 Å². The van der Waals surface area contributed by atoms with E-state index in [1.165, 1.54) is 12.1 Å². The van der Waals surface area contributed by atoms with Crippen LogP contribution in [0.25, 0.3) is 0 Å². The highest BCUT2D eigenvalue weighted by molar-refractivity contribution is 9.10. The molecule has 1 amide bonds. The van der Waals surface area contributed by atoms with Gasteiger partial charge in [-0.15, -0.1) is 0 Å². The predicted molar refractivity (Wildman–Crippen MR) is 84.4 cm³/mol. The number of nitrogens with one attached hydrogen (secondary N) is 1. The first-order valence-corrected chi connectivity index (χ1v) is 7.30. The van der Waals surface area contributed by atoms with Gasteiger partial charge in [0, 0.05) is 4.47 Å². The Morgan fingerprint density at radius 3 is 2.76 bits per heavy atom. The summed E-state index contributed by atoms with van der Waals surface area (Å²) in [6, 6.07) is 9.70. The fourth-order valence-electron chi connectivity index (χ4n) is 1.88. The molecule has 2 aromatic carbocycles. The molecule has 0 heterocycles. The molecular weight excluding hydrogens is 337 g/mol. The average molecular weight is 352 g/mol. The van der Waals surface area contributed by atoms with E-state index in [9.17, 15) is 9.18 Å². The maximum Gasteiger partial charge on any atom is 0.258 e. The third-order valence-corrected chi connectivity index (χ3v) is 3.35. The van der Waals surface area contributed by atoms with Crippen LogP contribution in [-0.4, -0.2) is 12.5 Å². The van der Waals surface area contributed by atoms with Crippen molar-refractivity contribution in [3.8, 4) is 5.75 Å². The number of ether oxygens (including phenoxy) is 1. The molecule has 0 atom stereocenters. The topological polar surface area (TPSA) is 38.3 Å². The largest absolute Gasteiger partial charge is 0.492 e. The van der Waals surface area contributed by atoms with Crippen LogP contribution in [0.15, 0.2) is 40.9 Å². The molecule has 5 heteroatoms. The van der Waals surface area contributed by atoms with Crippen LogP contribution in [0.3, 0.4) is 0 Å². The number of hydrogen-bond acceptors (Lipinski definition) is 2. The molecule has 0 saturated heterocycles. The van der Waals surface area contributed by atoms with Crippen molar-refractivity contribution in [2.45, 2.75) is 13.8 Å². The van der Waals surface area contributed by atoms with Gasteiger partial charge in [-0.05, 0) is 44.2 Å². The Bertz CT molecular complexity index is 673. The lowest BCUT2D eigenvalue weighted by molar-refractivity contribution is 0.102. The van der Waals surface area contributed by atoms with Crippen molar-refractivity contribution in [2.75, 3.05) is 11.9 Å². The summed E-state index contributed by atoms with van der Waals surface area (Å²) in [6.45, 7) is 4.14. The third-order valence-electron chi connectivity index (χ3n) is 2.86. The average Bonchev–Trinajstić information content (AvgIpc) is 2.44. The molecule has 1 N–H and O–H groups in total. The molecule has 0 radical (unpaired) electrons. The van der Waals surface area contributed by atoms with Crippen molar-refractivity contribution in [3.05, 3.63) is 57.8 Å². The second-order valence-electron chi connectivity index (χ2n) is 4.51. The number of rotatable bonds is 4. The Morgan fingerprint density at radius 2 is 2.05 bits per heavy atom. The molecular formula is C16H15BrFNO2. The van der Waals surface area contributed by atoms with Crippen molar-refractivity contribution in [1.29, 1.82) is 0 Å². The maximum absolute atomic E-state index is 13.7. The van der Waals surface area contributed by atoms with Gasteiger partial charge in [-0.2, -0.15) is 0 Å². The van der Waals surface area contributed by atoms with Crippen LogP contribution in [0.1, 0.15) is 22.8 Å². The fraction of sp³-hybridized carbons (Fsp3) is 0.188. The Kier molecular flexibility index (Phi) is 4.96. The Labute approximate surface area is 131 Å². The number of hydrogen-bond donors (Lipinski definition) is 1. The lowest BCUT2D eigenvalue weighted by atomic mass is 10.1. The number of halogens is 2. The highest BCUT2D eigenvalue weighted by Crippen LogP contribution is 2.29. The summed E-state index contributed by atoms with van der Waals surface area (Å²) < 4.78 is 20.0. The second kappa shape index (κ2) is 6.72. The minimum absolute atomic E-state index is 0.0115. The van der Waals surface area contributed by atoms with Gasteiger partial charge in [0.2, 0.25) is 0 Å². The Hall–Kier alpha value is -1.88. The number of amides is 1. The summed E-state index contributed by atoms with van der Waals surface area (Å²) in [5.74, 6) is -0.511. The van der Waals surface area contributed by atoms with E-state index in [0.29, 0.717) is 18.0 Å². The Balaban J connectivity index is 2.31. The minimum atomic E-state index is -0.550. The SMILES string of the molecule is CCOc1ccc(Br)cc1NC(=O)c1cc(C)ccc1F. The summed E-state index contributed by atoms with van der Waals surface area (Å²) in [6.07, 6.45) is 0. The van der Waals surface area contributed by atoms with Crippen molar-refractivity contribution in [1.82, 2.24) is 0 Å². The zero-order valence-corrected chi connectivity index (χ0v) is 13.3. The first kappa shape index (κ1) is 15.5. The highest BCUT2D eigenvalue weighted by atomic mass is 79.9. The Morgan fingerprint density at radius 1 is 1.29 bits per heavy atom. The van der Waals surface area contributed by atoms with Gasteiger partial charge >= 0.3 is 0 Å². The monoisotopic (exact) mass is 351 g/mol. The molecule has 3 nitrogen and oxygen atoms in total. The zero-order valence-electron chi connectivity index (χ0n) is 11.7. The molecule has 2 aromatic rings. The van der Waals surface area contributed by atoms with Crippen LogP contribution < -0.4 is 10.1 Å². The number of benzene rings is 2. The summed E-state index contributed by atoms with van der Waals surface area (Å²) in [7, 11) is 0. The molecule has 0 spiro atoms. The summed E-state index contributed by atoms with van der Waals surface area (Å²) in [5.41, 5.74) is 1.33. The van der Waals surface area contributed by atoms with E-state index in [-0.39, 0.29) is 5.56 Å². The van der Waals surface area contributed by atoms with E-state index in [1.807, 2.05) is 13.0 Å². The number of carbonyl (C=O) groups excluding carboxylic acids is 1. The van der Waals surface area contributed by atoms with Crippen LogP contribution in [0.5, 0.6) is 5.75 Å². The van der Waals surface area contributed by atoms with Gasteiger partial charge in [-0.3, -0.25) is 4.79 Å².